The van der Waals surface area contributed by atoms with Crippen molar-refractivity contribution >= 4 is 5.78 Å². The van der Waals surface area contributed by atoms with Gasteiger partial charge in [-0.2, -0.15) is 0 Å². The van der Waals surface area contributed by atoms with Crippen molar-refractivity contribution in [3.63, 3.8) is 0 Å². The molecule has 0 fully saturated rings. The fourth-order valence-corrected chi connectivity index (χ4v) is 1.24. The molecule has 0 aliphatic carbocycles. The molecule has 0 amide bonds. The minimum absolute atomic E-state index is 0.0520. The number of rotatable bonds is 2. The summed E-state index contributed by atoms with van der Waals surface area (Å²) in [5.74, 6) is -0.107. The van der Waals surface area contributed by atoms with E-state index in [-0.39, 0.29) is 11.5 Å². The Bertz CT molecular complexity index is 390. The van der Waals surface area contributed by atoms with Gasteiger partial charge in [0.2, 0.25) is 0 Å². The molecule has 1 aromatic rings. The minimum Gasteiger partial charge on any atom is -0.507 e. The summed E-state index contributed by atoms with van der Waals surface area (Å²) in [4.78, 5) is 11.5. The van der Waals surface area contributed by atoms with Crippen LogP contribution in [0.15, 0.2) is 24.3 Å². The maximum absolute atomic E-state index is 11.5. The number of carbonyl (C=O) groups is 1. The number of allylic oxidation sites excluding steroid dienone is 2. The minimum atomic E-state index is -0.159. The van der Waals surface area contributed by atoms with E-state index < -0.39 is 0 Å². The second-order valence-corrected chi connectivity index (χ2v) is 3.32. The van der Waals surface area contributed by atoms with Gasteiger partial charge in [0.25, 0.3) is 0 Å². The molecule has 0 aliphatic rings. The van der Waals surface area contributed by atoms with Crippen LogP contribution in [-0.4, -0.2) is 10.9 Å². The summed E-state index contributed by atoms with van der Waals surface area (Å²) in [6.45, 7) is 5.59. The van der Waals surface area contributed by atoms with Crippen LogP contribution in [0, 0.1) is 13.8 Å². The Kier molecular flexibility index (Phi) is 3.07. The second-order valence-electron chi connectivity index (χ2n) is 3.32. The van der Waals surface area contributed by atoms with Crippen LogP contribution in [0.5, 0.6) is 5.75 Å². The zero-order valence-electron chi connectivity index (χ0n) is 8.66. The Morgan fingerprint density at radius 2 is 1.86 bits per heavy atom. The third-order valence-electron chi connectivity index (χ3n) is 2.20. The van der Waals surface area contributed by atoms with Gasteiger partial charge in [-0.3, -0.25) is 4.79 Å². The molecule has 1 N–H and O–H groups in total. The van der Waals surface area contributed by atoms with Gasteiger partial charge in [-0.15, -0.1) is 0 Å². The normalized spacial score (nSPS) is 10.8. The molecule has 0 bridgehead atoms. The molecule has 1 aromatic carbocycles. The van der Waals surface area contributed by atoms with Crippen molar-refractivity contribution in [2.75, 3.05) is 0 Å². The van der Waals surface area contributed by atoms with Crippen LogP contribution in [-0.2, 0) is 0 Å². The van der Waals surface area contributed by atoms with Gasteiger partial charge in [0.05, 0.1) is 5.56 Å². The molecule has 0 saturated heterocycles. The molecule has 0 heterocycles. The monoisotopic (exact) mass is 190 g/mol. The van der Waals surface area contributed by atoms with Gasteiger partial charge in [0.15, 0.2) is 5.78 Å². The summed E-state index contributed by atoms with van der Waals surface area (Å²) in [6, 6.07) is 3.33. The second kappa shape index (κ2) is 4.09. The molecule has 0 radical (unpaired) electrons. The predicted octanol–water partition coefficient (Wildman–Crippen LogP) is 2.77. The van der Waals surface area contributed by atoms with Crippen LogP contribution < -0.4 is 0 Å². The number of aromatic hydroxyl groups is 1. The maximum atomic E-state index is 11.5. The van der Waals surface area contributed by atoms with Gasteiger partial charge in [-0.05, 0) is 50.1 Å². The number of carbonyl (C=O) groups excluding carboxylic acids is 1. The topological polar surface area (TPSA) is 37.3 Å². The molecule has 14 heavy (non-hydrogen) atoms. The molecule has 0 atom stereocenters. The Labute approximate surface area is 83.9 Å². The van der Waals surface area contributed by atoms with E-state index in [1.807, 2.05) is 13.8 Å². The van der Waals surface area contributed by atoms with Crippen LogP contribution in [0.25, 0.3) is 0 Å². The lowest BCUT2D eigenvalue weighted by Crippen LogP contribution is -1.96. The third-order valence-corrected chi connectivity index (χ3v) is 2.20. The first-order chi connectivity index (χ1) is 6.56. The summed E-state index contributed by atoms with van der Waals surface area (Å²) in [5, 5.41) is 9.56. The van der Waals surface area contributed by atoms with Crippen molar-refractivity contribution in [3.05, 3.63) is 41.0 Å². The van der Waals surface area contributed by atoms with E-state index in [1.54, 1.807) is 25.1 Å². The fourth-order valence-electron chi connectivity index (χ4n) is 1.24. The van der Waals surface area contributed by atoms with Gasteiger partial charge in [-0.1, -0.05) is 6.08 Å². The van der Waals surface area contributed by atoms with Crippen molar-refractivity contribution in [1.29, 1.82) is 0 Å². The number of aryl methyl sites for hydroxylation is 2. The first-order valence-corrected chi connectivity index (χ1v) is 4.53. The van der Waals surface area contributed by atoms with Gasteiger partial charge < -0.3 is 5.11 Å². The highest BCUT2D eigenvalue weighted by Crippen LogP contribution is 2.22. The zero-order chi connectivity index (χ0) is 10.7. The molecule has 2 nitrogen and oxygen atoms in total. The molecule has 0 aromatic heterocycles. The quantitative estimate of drug-likeness (QED) is 0.575. The number of hydrogen-bond acceptors (Lipinski definition) is 2. The smallest absolute Gasteiger partial charge is 0.189 e. The number of ketones is 1. The number of phenolic OH excluding ortho intramolecular Hbond substituents is 1. The fraction of sp³-hybridized carbons (Fsp3) is 0.250. The van der Waals surface area contributed by atoms with E-state index in [2.05, 4.69) is 0 Å². The lowest BCUT2D eigenvalue weighted by Gasteiger charge is -2.05. The van der Waals surface area contributed by atoms with Gasteiger partial charge in [-0.25, -0.2) is 0 Å². The summed E-state index contributed by atoms with van der Waals surface area (Å²) < 4.78 is 0. The van der Waals surface area contributed by atoms with Gasteiger partial charge in [0.1, 0.15) is 5.75 Å². The Morgan fingerprint density at radius 3 is 2.43 bits per heavy atom. The highest BCUT2D eigenvalue weighted by atomic mass is 16.3. The van der Waals surface area contributed by atoms with Crippen LogP contribution in [0.3, 0.4) is 0 Å². The Morgan fingerprint density at radius 1 is 1.29 bits per heavy atom. The lowest BCUT2D eigenvalue weighted by atomic mass is 10.0. The van der Waals surface area contributed by atoms with E-state index in [4.69, 9.17) is 0 Å². The summed E-state index contributed by atoms with van der Waals surface area (Å²) in [6.07, 6.45) is 3.11. The molecule has 0 aliphatic heterocycles. The van der Waals surface area contributed by atoms with Crippen molar-refractivity contribution < 1.29 is 9.90 Å². The van der Waals surface area contributed by atoms with Crippen molar-refractivity contribution in [1.82, 2.24) is 0 Å². The molecule has 0 saturated carbocycles. The average Bonchev–Trinajstić information content (AvgIpc) is 2.11. The Balaban J connectivity index is 3.22. The maximum Gasteiger partial charge on any atom is 0.189 e. The third kappa shape index (κ3) is 2.02. The largest absolute Gasteiger partial charge is 0.507 e. The van der Waals surface area contributed by atoms with E-state index in [9.17, 15) is 9.90 Å². The molecule has 0 spiro atoms. The van der Waals surface area contributed by atoms with Crippen LogP contribution in [0.1, 0.15) is 28.4 Å². The molecule has 2 heteroatoms. The molecule has 1 rings (SSSR count). The summed E-state index contributed by atoms with van der Waals surface area (Å²) in [5.41, 5.74) is 2.36. The molecule has 0 unspecified atom stereocenters. The van der Waals surface area contributed by atoms with E-state index in [0.717, 1.165) is 11.1 Å². The van der Waals surface area contributed by atoms with Crippen LogP contribution in [0.2, 0.25) is 0 Å². The van der Waals surface area contributed by atoms with Crippen molar-refractivity contribution in [2.24, 2.45) is 0 Å². The molecule has 74 valence electrons. The van der Waals surface area contributed by atoms with Crippen LogP contribution >= 0.6 is 0 Å². The number of phenols is 1. The van der Waals surface area contributed by atoms with Crippen molar-refractivity contribution in [3.8, 4) is 5.75 Å². The molecular weight excluding hydrogens is 176 g/mol. The summed E-state index contributed by atoms with van der Waals surface area (Å²) in [7, 11) is 0. The average molecular weight is 190 g/mol. The Hall–Kier alpha value is -1.57. The van der Waals surface area contributed by atoms with Gasteiger partial charge >= 0.3 is 0 Å². The SMILES string of the molecule is C/C=C/C(=O)c1cc(C)c(C)cc1O. The van der Waals surface area contributed by atoms with Crippen LogP contribution in [0.4, 0.5) is 0 Å². The lowest BCUT2D eigenvalue weighted by molar-refractivity contribution is 0.104. The standard InChI is InChI=1S/C12H14O2/c1-4-5-11(13)10-6-8(2)9(3)7-12(10)14/h4-7,14H,1-3H3/b5-4+. The summed E-state index contributed by atoms with van der Waals surface area (Å²) >= 11 is 0. The zero-order valence-corrected chi connectivity index (χ0v) is 8.66. The van der Waals surface area contributed by atoms with E-state index in [1.165, 1.54) is 6.08 Å². The van der Waals surface area contributed by atoms with E-state index >= 15 is 0 Å². The first kappa shape index (κ1) is 10.5. The van der Waals surface area contributed by atoms with Gasteiger partial charge in [0, 0.05) is 0 Å². The highest BCUT2D eigenvalue weighted by molar-refractivity contribution is 6.06. The number of benzene rings is 1. The molecular formula is C12H14O2. The predicted molar refractivity (Wildman–Crippen MR) is 56.7 cm³/mol. The van der Waals surface area contributed by atoms with E-state index in [0.29, 0.717) is 5.56 Å². The van der Waals surface area contributed by atoms with Crippen molar-refractivity contribution in [2.45, 2.75) is 20.8 Å². The highest BCUT2D eigenvalue weighted by Gasteiger charge is 2.09. The number of hydrogen-bond donors (Lipinski definition) is 1. The first-order valence-electron chi connectivity index (χ1n) is 4.53.